The molecule has 1 aromatic heterocycles. The molecule has 8 heteroatoms. The third-order valence-corrected chi connectivity index (χ3v) is 6.99. The number of likely N-dealkylation sites (tertiary alicyclic amines) is 1. The van der Waals surface area contributed by atoms with Crippen LogP contribution in [0.4, 0.5) is 0 Å². The number of hydrogen-bond donors (Lipinski definition) is 1. The first-order valence-corrected chi connectivity index (χ1v) is 12.3. The highest BCUT2D eigenvalue weighted by Gasteiger charge is 2.35. The van der Waals surface area contributed by atoms with Gasteiger partial charge in [0.1, 0.15) is 0 Å². The molecule has 8 nitrogen and oxygen atoms in total. The zero-order valence-corrected chi connectivity index (χ0v) is 20.9. The van der Waals surface area contributed by atoms with E-state index in [1.165, 1.54) is 0 Å². The molecular formula is C28H31N3O5. The molecule has 2 fully saturated rings. The van der Waals surface area contributed by atoms with Crippen molar-refractivity contribution >= 4 is 22.7 Å². The number of ether oxygens (including phenoxy) is 3. The Balaban J connectivity index is 1.43. The Morgan fingerprint density at radius 1 is 0.917 bits per heavy atom. The molecule has 1 N–H and O–H groups in total. The molecule has 1 aliphatic carbocycles. The number of pyridine rings is 1. The van der Waals surface area contributed by atoms with E-state index in [0.717, 1.165) is 42.1 Å². The molecule has 0 unspecified atom stereocenters. The number of rotatable bonds is 7. The van der Waals surface area contributed by atoms with Crippen molar-refractivity contribution in [1.29, 1.82) is 0 Å². The molecule has 188 valence electrons. The second kappa shape index (κ2) is 10.0. The lowest BCUT2D eigenvalue weighted by Gasteiger charge is -2.32. The number of amides is 2. The van der Waals surface area contributed by atoms with Gasteiger partial charge in [-0.15, -0.1) is 0 Å². The molecule has 36 heavy (non-hydrogen) atoms. The zero-order chi connectivity index (χ0) is 25.2. The predicted molar refractivity (Wildman–Crippen MR) is 137 cm³/mol. The summed E-state index contributed by atoms with van der Waals surface area (Å²) in [6.07, 6.45) is 3.54. The highest BCUT2D eigenvalue weighted by molar-refractivity contribution is 6.07. The van der Waals surface area contributed by atoms with E-state index in [9.17, 15) is 9.59 Å². The van der Waals surface area contributed by atoms with Crippen molar-refractivity contribution in [1.82, 2.24) is 15.2 Å². The van der Waals surface area contributed by atoms with Crippen molar-refractivity contribution in [3.63, 3.8) is 0 Å². The Morgan fingerprint density at radius 3 is 2.19 bits per heavy atom. The van der Waals surface area contributed by atoms with Gasteiger partial charge in [0, 0.05) is 36.0 Å². The van der Waals surface area contributed by atoms with E-state index in [2.05, 4.69) is 5.32 Å². The number of nitrogens with zero attached hydrogens (tertiary/aromatic N) is 2. The number of aromatic nitrogens is 1. The molecule has 2 aromatic carbocycles. The van der Waals surface area contributed by atoms with Crippen LogP contribution in [0.25, 0.3) is 22.2 Å². The molecule has 1 aliphatic heterocycles. The van der Waals surface area contributed by atoms with Crippen LogP contribution in [0.15, 0.2) is 42.5 Å². The van der Waals surface area contributed by atoms with E-state index in [0.29, 0.717) is 41.6 Å². The van der Waals surface area contributed by atoms with Gasteiger partial charge in [-0.05, 0) is 49.9 Å². The predicted octanol–water partition coefficient (Wildman–Crippen LogP) is 4.06. The summed E-state index contributed by atoms with van der Waals surface area (Å²) < 4.78 is 16.5. The number of carbonyl (C=O) groups is 2. The molecule has 2 heterocycles. The summed E-state index contributed by atoms with van der Waals surface area (Å²) in [6, 6.07) is 13.1. The van der Waals surface area contributed by atoms with Gasteiger partial charge in [-0.3, -0.25) is 9.59 Å². The molecule has 0 bridgehead atoms. The van der Waals surface area contributed by atoms with Gasteiger partial charge in [-0.25, -0.2) is 4.98 Å². The second-order valence-corrected chi connectivity index (χ2v) is 9.33. The average Bonchev–Trinajstić information content (AvgIpc) is 3.77. The molecule has 0 radical (unpaired) electrons. The molecule has 3 aromatic rings. The molecule has 1 saturated carbocycles. The summed E-state index contributed by atoms with van der Waals surface area (Å²) in [7, 11) is 4.69. The summed E-state index contributed by atoms with van der Waals surface area (Å²) in [4.78, 5) is 32.6. The van der Waals surface area contributed by atoms with E-state index >= 15 is 0 Å². The monoisotopic (exact) mass is 489 g/mol. The minimum absolute atomic E-state index is 0.0253. The fraction of sp³-hybridized carbons (Fsp3) is 0.393. The summed E-state index contributed by atoms with van der Waals surface area (Å²) in [5.41, 5.74) is 2.65. The lowest BCUT2D eigenvalue weighted by molar-refractivity contribution is -0.133. The summed E-state index contributed by atoms with van der Waals surface area (Å²) in [5, 5.41) is 3.98. The number of fused-ring (bicyclic) bond motifs is 1. The number of benzene rings is 2. The third-order valence-electron chi connectivity index (χ3n) is 6.99. The van der Waals surface area contributed by atoms with Gasteiger partial charge in [0.15, 0.2) is 11.5 Å². The maximum atomic E-state index is 13.5. The Hall–Kier alpha value is -3.81. The standard InChI is InChI=1S/C28H31N3O5/c1-34-24-14-18(15-25(35-2)26(24)36-3)23-16-21(20-6-4-5-7-22(20)30-23)27(32)29-19-10-12-31(13-11-19)28(33)17-8-9-17/h4-7,14-17,19H,8-13H2,1-3H3,(H,29,32). The number of carbonyl (C=O) groups excluding carboxylic acids is 2. The van der Waals surface area contributed by atoms with Crippen LogP contribution in [0.3, 0.4) is 0 Å². The Morgan fingerprint density at radius 2 is 1.58 bits per heavy atom. The third kappa shape index (κ3) is 4.67. The summed E-state index contributed by atoms with van der Waals surface area (Å²) in [6.45, 7) is 1.38. The minimum atomic E-state index is -0.144. The number of piperidine rings is 1. The van der Waals surface area contributed by atoms with Crippen molar-refractivity contribution in [3.05, 3.63) is 48.0 Å². The van der Waals surface area contributed by atoms with Crippen molar-refractivity contribution in [3.8, 4) is 28.5 Å². The van der Waals surface area contributed by atoms with Crippen molar-refractivity contribution in [2.24, 2.45) is 5.92 Å². The number of nitrogens with one attached hydrogen (secondary N) is 1. The molecular weight excluding hydrogens is 458 g/mol. The fourth-order valence-corrected chi connectivity index (χ4v) is 4.84. The number of para-hydroxylation sites is 1. The lowest BCUT2D eigenvalue weighted by atomic mass is 10.0. The van der Waals surface area contributed by atoms with Crippen LogP contribution in [-0.4, -0.2) is 62.2 Å². The Kier molecular flexibility index (Phi) is 6.67. The van der Waals surface area contributed by atoms with Gasteiger partial charge in [-0.1, -0.05) is 18.2 Å². The maximum Gasteiger partial charge on any atom is 0.252 e. The first-order chi connectivity index (χ1) is 17.5. The second-order valence-electron chi connectivity index (χ2n) is 9.33. The van der Waals surface area contributed by atoms with E-state index in [1.54, 1.807) is 21.3 Å². The van der Waals surface area contributed by atoms with E-state index in [1.807, 2.05) is 47.4 Å². The zero-order valence-electron chi connectivity index (χ0n) is 20.9. The summed E-state index contributed by atoms with van der Waals surface area (Å²) in [5.74, 6) is 1.88. The van der Waals surface area contributed by atoms with Gasteiger partial charge in [-0.2, -0.15) is 0 Å². The number of methoxy groups -OCH3 is 3. The lowest BCUT2D eigenvalue weighted by Crippen LogP contribution is -2.47. The molecule has 2 aliphatic rings. The Labute approximate surface area is 210 Å². The van der Waals surface area contributed by atoms with Crippen LogP contribution >= 0.6 is 0 Å². The summed E-state index contributed by atoms with van der Waals surface area (Å²) >= 11 is 0. The topological polar surface area (TPSA) is 90.0 Å². The molecule has 2 amide bonds. The highest BCUT2D eigenvalue weighted by atomic mass is 16.5. The first kappa shape index (κ1) is 23.9. The van der Waals surface area contributed by atoms with Gasteiger partial charge in [0.05, 0.1) is 38.1 Å². The number of hydrogen-bond acceptors (Lipinski definition) is 6. The van der Waals surface area contributed by atoms with Crippen molar-refractivity contribution < 1.29 is 23.8 Å². The van der Waals surface area contributed by atoms with E-state index in [4.69, 9.17) is 19.2 Å². The Bertz CT molecular complexity index is 1270. The van der Waals surface area contributed by atoms with Crippen LogP contribution in [0.2, 0.25) is 0 Å². The average molecular weight is 490 g/mol. The highest BCUT2D eigenvalue weighted by Crippen LogP contribution is 2.41. The normalized spacial score (nSPS) is 16.0. The van der Waals surface area contributed by atoms with Crippen LogP contribution in [-0.2, 0) is 4.79 Å². The minimum Gasteiger partial charge on any atom is -0.493 e. The van der Waals surface area contributed by atoms with Gasteiger partial charge in [0.25, 0.3) is 5.91 Å². The molecule has 0 atom stereocenters. The molecule has 5 rings (SSSR count). The molecule has 0 spiro atoms. The fourth-order valence-electron chi connectivity index (χ4n) is 4.84. The van der Waals surface area contributed by atoms with E-state index in [-0.39, 0.29) is 23.8 Å². The van der Waals surface area contributed by atoms with Gasteiger partial charge < -0.3 is 24.4 Å². The van der Waals surface area contributed by atoms with Crippen molar-refractivity contribution in [2.45, 2.75) is 31.7 Å². The van der Waals surface area contributed by atoms with E-state index < -0.39 is 0 Å². The largest absolute Gasteiger partial charge is 0.493 e. The van der Waals surface area contributed by atoms with Crippen LogP contribution in [0.1, 0.15) is 36.0 Å². The quantitative estimate of drug-likeness (QED) is 0.538. The van der Waals surface area contributed by atoms with Crippen molar-refractivity contribution in [2.75, 3.05) is 34.4 Å². The van der Waals surface area contributed by atoms with Crippen LogP contribution in [0.5, 0.6) is 17.2 Å². The van der Waals surface area contributed by atoms with Crippen LogP contribution < -0.4 is 19.5 Å². The molecule has 1 saturated heterocycles. The SMILES string of the molecule is COc1cc(-c2cc(C(=O)NC3CCN(C(=O)C4CC4)CC3)c3ccccc3n2)cc(OC)c1OC. The van der Waals surface area contributed by atoms with Crippen LogP contribution in [0, 0.1) is 5.92 Å². The smallest absolute Gasteiger partial charge is 0.252 e. The van der Waals surface area contributed by atoms with Gasteiger partial charge >= 0.3 is 0 Å². The first-order valence-electron chi connectivity index (χ1n) is 12.3. The maximum absolute atomic E-state index is 13.5. The van der Waals surface area contributed by atoms with Gasteiger partial charge in [0.2, 0.25) is 11.7 Å².